The van der Waals surface area contributed by atoms with Crippen LogP contribution in [-0.4, -0.2) is 20.2 Å². The zero-order valence-corrected chi connectivity index (χ0v) is 17.5. The Balaban J connectivity index is 2.60. The van der Waals surface area contributed by atoms with Crippen molar-refractivity contribution in [3.63, 3.8) is 0 Å². The standard InChI is InChI=1S/C24H34O3/c1-19(2)8-6-9-20(3)10-7-11-21(4)12-14-23-16-22(17-25)13-15-24(23)27-18-26-5/h8,10,12-13,15-17H,6-7,9,11,14,18H2,1-5H3. The van der Waals surface area contributed by atoms with Crippen LogP contribution < -0.4 is 4.74 Å². The third-order valence-electron chi connectivity index (χ3n) is 4.35. The van der Waals surface area contributed by atoms with E-state index in [-0.39, 0.29) is 6.79 Å². The zero-order valence-electron chi connectivity index (χ0n) is 17.5. The summed E-state index contributed by atoms with van der Waals surface area (Å²) in [7, 11) is 1.60. The molecule has 0 radical (unpaired) electrons. The van der Waals surface area contributed by atoms with Gasteiger partial charge in [-0.1, -0.05) is 34.9 Å². The van der Waals surface area contributed by atoms with Gasteiger partial charge in [0.05, 0.1) is 0 Å². The summed E-state index contributed by atoms with van der Waals surface area (Å²) in [6, 6.07) is 5.48. The predicted octanol–water partition coefficient (Wildman–Crippen LogP) is 6.44. The molecule has 0 saturated heterocycles. The van der Waals surface area contributed by atoms with E-state index in [2.05, 4.69) is 45.9 Å². The van der Waals surface area contributed by atoms with Gasteiger partial charge in [0.2, 0.25) is 0 Å². The highest BCUT2D eigenvalue weighted by molar-refractivity contribution is 5.75. The first kappa shape index (κ1) is 22.9. The molecule has 27 heavy (non-hydrogen) atoms. The lowest BCUT2D eigenvalue weighted by Gasteiger charge is -2.10. The van der Waals surface area contributed by atoms with Gasteiger partial charge in [-0.2, -0.15) is 0 Å². The van der Waals surface area contributed by atoms with Gasteiger partial charge in [0.1, 0.15) is 12.0 Å². The molecule has 1 aromatic carbocycles. The van der Waals surface area contributed by atoms with E-state index in [9.17, 15) is 4.79 Å². The van der Waals surface area contributed by atoms with Gasteiger partial charge in [-0.25, -0.2) is 0 Å². The summed E-state index contributed by atoms with van der Waals surface area (Å²) in [6.45, 7) is 8.86. The second kappa shape index (κ2) is 13.1. The molecule has 0 aliphatic rings. The second-order valence-electron chi connectivity index (χ2n) is 7.20. The number of carbonyl (C=O) groups is 1. The first-order chi connectivity index (χ1) is 13.0. The number of hydrogen-bond acceptors (Lipinski definition) is 3. The summed E-state index contributed by atoms with van der Waals surface area (Å²) in [5.41, 5.74) is 5.85. The molecule has 0 aliphatic carbocycles. The third kappa shape index (κ3) is 9.95. The molecule has 0 saturated carbocycles. The second-order valence-corrected chi connectivity index (χ2v) is 7.20. The molecule has 0 amide bonds. The van der Waals surface area contributed by atoms with E-state index in [1.165, 1.54) is 16.7 Å². The first-order valence-corrected chi connectivity index (χ1v) is 9.60. The maximum absolute atomic E-state index is 11.0. The first-order valence-electron chi connectivity index (χ1n) is 9.60. The summed E-state index contributed by atoms with van der Waals surface area (Å²) in [4.78, 5) is 11.0. The Bertz CT molecular complexity index is 677. The smallest absolute Gasteiger partial charge is 0.188 e. The summed E-state index contributed by atoms with van der Waals surface area (Å²) < 4.78 is 10.6. The van der Waals surface area contributed by atoms with Crippen molar-refractivity contribution in [3.05, 3.63) is 64.3 Å². The topological polar surface area (TPSA) is 35.5 Å². The minimum Gasteiger partial charge on any atom is -0.467 e. The van der Waals surface area contributed by atoms with Gasteiger partial charge in [-0.3, -0.25) is 4.79 Å². The van der Waals surface area contributed by atoms with Crippen molar-refractivity contribution in [1.29, 1.82) is 0 Å². The fourth-order valence-electron chi connectivity index (χ4n) is 2.72. The molecular weight excluding hydrogens is 336 g/mol. The van der Waals surface area contributed by atoms with Crippen LogP contribution in [0.5, 0.6) is 5.75 Å². The zero-order chi connectivity index (χ0) is 20.1. The average Bonchev–Trinajstić information content (AvgIpc) is 2.64. The van der Waals surface area contributed by atoms with E-state index in [0.717, 1.165) is 49.7 Å². The number of carbonyl (C=O) groups excluding carboxylic acids is 1. The number of hydrogen-bond donors (Lipinski definition) is 0. The van der Waals surface area contributed by atoms with Gasteiger partial charge in [0.25, 0.3) is 0 Å². The molecule has 1 rings (SSSR count). The molecule has 3 nitrogen and oxygen atoms in total. The summed E-state index contributed by atoms with van der Waals surface area (Å²) in [5, 5.41) is 0. The van der Waals surface area contributed by atoms with Crippen molar-refractivity contribution in [2.24, 2.45) is 0 Å². The molecular formula is C24H34O3. The molecule has 0 aromatic heterocycles. The third-order valence-corrected chi connectivity index (χ3v) is 4.35. The van der Waals surface area contributed by atoms with Crippen LogP contribution in [0.2, 0.25) is 0 Å². The maximum atomic E-state index is 11.0. The molecule has 0 atom stereocenters. The van der Waals surface area contributed by atoms with Crippen molar-refractivity contribution < 1.29 is 14.3 Å². The van der Waals surface area contributed by atoms with E-state index in [1.807, 2.05) is 12.1 Å². The van der Waals surface area contributed by atoms with Crippen LogP contribution >= 0.6 is 0 Å². The van der Waals surface area contributed by atoms with Gasteiger partial charge >= 0.3 is 0 Å². The number of methoxy groups -OCH3 is 1. The molecule has 0 heterocycles. The molecule has 0 fully saturated rings. The van der Waals surface area contributed by atoms with E-state index < -0.39 is 0 Å². The van der Waals surface area contributed by atoms with Gasteiger partial charge < -0.3 is 9.47 Å². The van der Waals surface area contributed by atoms with Crippen molar-refractivity contribution in [2.45, 2.75) is 59.8 Å². The number of aldehydes is 1. The SMILES string of the molecule is COCOc1ccc(C=O)cc1CC=C(C)CCC=C(C)CCC=C(C)C. The monoisotopic (exact) mass is 370 g/mol. The lowest BCUT2D eigenvalue weighted by molar-refractivity contribution is 0.0505. The Morgan fingerprint density at radius 1 is 0.963 bits per heavy atom. The number of rotatable bonds is 12. The molecule has 148 valence electrons. The number of benzene rings is 1. The molecule has 1 aromatic rings. The molecule has 0 N–H and O–H groups in total. The van der Waals surface area contributed by atoms with Crippen LogP contribution in [0.25, 0.3) is 0 Å². The Kier molecular flexibility index (Phi) is 11.1. The summed E-state index contributed by atoms with van der Waals surface area (Å²) in [5.74, 6) is 0.765. The van der Waals surface area contributed by atoms with Crippen molar-refractivity contribution in [1.82, 2.24) is 0 Å². The Morgan fingerprint density at radius 2 is 1.63 bits per heavy atom. The molecule has 0 spiro atoms. The molecule has 0 aliphatic heterocycles. The maximum Gasteiger partial charge on any atom is 0.188 e. The summed E-state index contributed by atoms with van der Waals surface area (Å²) in [6.07, 6.45) is 12.8. The Morgan fingerprint density at radius 3 is 2.26 bits per heavy atom. The lowest BCUT2D eigenvalue weighted by atomic mass is 10.0. The van der Waals surface area contributed by atoms with Crippen LogP contribution in [0.15, 0.2) is 53.1 Å². The molecule has 3 heteroatoms. The highest BCUT2D eigenvalue weighted by Crippen LogP contribution is 2.22. The predicted molar refractivity (Wildman–Crippen MR) is 113 cm³/mol. The van der Waals surface area contributed by atoms with Crippen LogP contribution in [0.1, 0.15) is 69.3 Å². The summed E-state index contributed by atoms with van der Waals surface area (Å²) >= 11 is 0. The number of ether oxygens (including phenoxy) is 2. The lowest BCUT2D eigenvalue weighted by Crippen LogP contribution is -2.02. The number of allylic oxidation sites excluding steroid dienone is 6. The highest BCUT2D eigenvalue weighted by atomic mass is 16.7. The van der Waals surface area contributed by atoms with Crippen LogP contribution in [-0.2, 0) is 11.2 Å². The van der Waals surface area contributed by atoms with E-state index in [0.29, 0.717) is 5.56 Å². The Labute approximate surface area is 164 Å². The fraction of sp³-hybridized carbons (Fsp3) is 0.458. The van der Waals surface area contributed by atoms with E-state index in [1.54, 1.807) is 13.2 Å². The normalized spacial score (nSPS) is 12.0. The van der Waals surface area contributed by atoms with Gasteiger partial charge in [-0.05, 0) is 83.6 Å². The minimum atomic E-state index is 0.201. The average molecular weight is 371 g/mol. The van der Waals surface area contributed by atoms with Crippen molar-refractivity contribution in [3.8, 4) is 5.75 Å². The quantitative estimate of drug-likeness (QED) is 0.241. The minimum absolute atomic E-state index is 0.201. The molecule has 0 unspecified atom stereocenters. The largest absolute Gasteiger partial charge is 0.467 e. The van der Waals surface area contributed by atoms with Crippen LogP contribution in [0.4, 0.5) is 0 Å². The van der Waals surface area contributed by atoms with Gasteiger partial charge in [-0.15, -0.1) is 0 Å². The van der Waals surface area contributed by atoms with Crippen LogP contribution in [0, 0.1) is 0 Å². The van der Waals surface area contributed by atoms with Crippen molar-refractivity contribution in [2.75, 3.05) is 13.9 Å². The highest BCUT2D eigenvalue weighted by Gasteiger charge is 2.05. The van der Waals surface area contributed by atoms with Crippen LogP contribution in [0.3, 0.4) is 0 Å². The van der Waals surface area contributed by atoms with E-state index >= 15 is 0 Å². The van der Waals surface area contributed by atoms with Gasteiger partial charge in [0.15, 0.2) is 6.79 Å². The van der Waals surface area contributed by atoms with E-state index in [4.69, 9.17) is 9.47 Å². The van der Waals surface area contributed by atoms with Gasteiger partial charge in [0, 0.05) is 12.7 Å². The molecule has 0 bridgehead atoms. The fourth-order valence-corrected chi connectivity index (χ4v) is 2.72. The van der Waals surface area contributed by atoms with Crippen molar-refractivity contribution >= 4 is 6.29 Å². The Hall–Kier alpha value is -2.13.